The molecular weight excluding hydrogens is 200 g/mol. The molecule has 0 aliphatic carbocycles. The summed E-state index contributed by atoms with van der Waals surface area (Å²) >= 11 is 0. The number of pyridine rings is 1. The van der Waals surface area contributed by atoms with Crippen LogP contribution in [0.2, 0.25) is 0 Å². The van der Waals surface area contributed by atoms with E-state index >= 15 is 0 Å². The second-order valence-electron chi connectivity index (χ2n) is 3.24. The molecule has 1 heterocycles. The fourth-order valence-electron chi connectivity index (χ4n) is 1.47. The molecule has 0 bridgehead atoms. The first-order valence-electron chi connectivity index (χ1n) is 4.84. The van der Waals surface area contributed by atoms with E-state index < -0.39 is 0 Å². The third kappa shape index (κ3) is 1.86. The highest BCUT2D eigenvalue weighted by Crippen LogP contribution is 2.26. The Bertz CT molecular complexity index is 526. The fraction of sp³-hybridized carbons (Fsp3) is 0.0769. The summed E-state index contributed by atoms with van der Waals surface area (Å²) in [4.78, 5) is 4.27. The van der Waals surface area contributed by atoms with Gasteiger partial charge in [0.1, 0.15) is 11.4 Å². The standard InChI is InChI=1S/C13H10N2O/c1-16-12-3-2-8-15-13(12)11-6-4-10(9-14)5-7-11/h2-8H,1H3. The quantitative estimate of drug-likeness (QED) is 0.765. The Morgan fingerprint density at radius 1 is 1.19 bits per heavy atom. The third-order valence-corrected chi connectivity index (χ3v) is 2.28. The summed E-state index contributed by atoms with van der Waals surface area (Å²) in [7, 11) is 1.62. The highest BCUT2D eigenvalue weighted by Gasteiger charge is 2.05. The molecule has 3 nitrogen and oxygen atoms in total. The fourth-order valence-corrected chi connectivity index (χ4v) is 1.47. The molecule has 2 rings (SSSR count). The Balaban J connectivity index is 2.47. The lowest BCUT2D eigenvalue weighted by Crippen LogP contribution is -1.90. The van der Waals surface area contributed by atoms with E-state index in [1.54, 1.807) is 25.4 Å². The largest absolute Gasteiger partial charge is 0.494 e. The smallest absolute Gasteiger partial charge is 0.145 e. The molecule has 0 saturated carbocycles. The van der Waals surface area contributed by atoms with Crippen molar-refractivity contribution in [1.82, 2.24) is 4.98 Å². The zero-order chi connectivity index (χ0) is 11.4. The van der Waals surface area contributed by atoms with E-state index in [2.05, 4.69) is 11.1 Å². The average Bonchev–Trinajstić information content (AvgIpc) is 2.39. The van der Waals surface area contributed by atoms with Gasteiger partial charge in [-0.2, -0.15) is 5.26 Å². The maximum Gasteiger partial charge on any atom is 0.145 e. The molecule has 2 aromatic rings. The van der Waals surface area contributed by atoms with Crippen molar-refractivity contribution in [3.8, 4) is 23.1 Å². The van der Waals surface area contributed by atoms with E-state index in [4.69, 9.17) is 10.00 Å². The molecule has 1 aromatic carbocycles. The molecule has 0 spiro atoms. The van der Waals surface area contributed by atoms with Gasteiger partial charge in [-0.25, -0.2) is 0 Å². The van der Waals surface area contributed by atoms with Gasteiger partial charge in [0.15, 0.2) is 0 Å². The second kappa shape index (κ2) is 4.45. The van der Waals surface area contributed by atoms with E-state index in [0.29, 0.717) is 5.56 Å². The number of ether oxygens (including phenoxy) is 1. The van der Waals surface area contributed by atoms with Crippen LogP contribution in [0.1, 0.15) is 5.56 Å². The summed E-state index contributed by atoms with van der Waals surface area (Å²) in [5, 5.41) is 8.71. The number of hydrogen-bond acceptors (Lipinski definition) is 3. The number of rotatable bonds is 2. The van der Waals surface area contributed by atoms with Crippen LogP contribution in [0.25, 0.3) is 11.3 Å². The first-order chi connectivity index (χ1) is 7.85. The SMILES string of the molecule is COc1cccnc1-c1ccc(C#N)cc1. The Kier molecular flexibility index (Phi) is 2.84. The van der Waals surface area contributed by atoms with Crippen LogP contribution in [-0.2, 0) is 0 Å². The molecule has 0 saturated heterocycles. The van der Waals surface area contributed by atoms with Crippen molar-refractivity contribution in [2.75, 3.05) is 7.11 Å². The molecule has 0 N–H and O–H groups in total. The number of nitriles is 1. The molecule has 16 heavy (non-hydrogen) atoms. The van der Waals surface area contributed by atoms with Gasteiger partial charge in [-0.05, 0) is 24.3 Å². The van der Waals surface area contributed by atoms with Crippen LogP contribution < -0.4 is 4.74 Å². The third-order valence-electron chi connectivity index (χ3n) is 2.28. The van der Waals surface area contributed by atoms with Crippen LogP contribution in [0.4, 0.5) is 0 Å². The topological polar surface area (TPSA) is 45.9 Å². The van der Waals surface area contributed by atoms with Gasteiger partial charge in [-0.3, -0.25) is 4.98 Å². The van der Waals surface area contributed by atoms with E-state index in [-0.39, 0.29) is 0 Å². The van der Waals surface area contributed by atoms with Crippen LogP contribution in [0.5, 0.6) is 5.75 Å². The summed E-state index contributed by atoms with van der Waals surface area (Å²) in [6.07, 6.45) is 1.72. The molecule has 0 amide bonds. The summed E-state index contributed by atoms with van der Waals surface area (Å²) in [5.74, 6) is 0.729. The van der Waals surface area contributed by atoms with Gasteiger partial charge in [0, 0.05) is 11.8 Å². The van der Waals surface area contributed by atoms with E-state index in [1.165, 1.54) is 0 Å². The van der Waals surface area contributed by atoms with Crippen LogP contribution in [-0.4, -0.2) is 12.1 Å². The van der Waals surface area contributed by atoms with Crippen LogP contribution in [0, 0.1) is 11.3 Å². The van der Waals surface area contributed by atoms with Gasteiger partial charge in [0.2, 0.25) is 0 Å². The minimum absolute atomic E-state index is 0.638. The van der Waals surface area contributed by atoms with Crippen molar-refractivity contribution in [2.45, 2.75) is 0 Å². The van der Waals surface area contributed by atoms with Gasteiger partial charge in [0.05, 0.1) is 18.7 Å². The summed E-state index contributed by atoms with van der Waals surface area (Å²) < 4.78 is 5.23. The normalized spacial score (nSPS) is 9.50. The van der Waals surface area contributed by atoms with Gasteiger partial charge in [-0.15, -0.1) is 0 Å². The lowest BCUT2D eigenvalue weighted by atomic mass is 10.1. The molecule has 0 radical (unpaired) electrons. The van der Waals surface area contributed by atoms with Crippen molar-refractivity contribution in [3.05, 3.63) is 48.2 Å². The summed E-state index contributed by atoms with van der Waals surface area (Å²) in [6, 6.07) is 13.0. The second-order valence-corrected chi connectivity index (χ2v) is 3.24. The van der Waals surface area contributed by atoms with Crippen molar-refractivity contribution in [2.24, 2.45) is 0 Å². The molecule has 0 fully saturated rings. The van der Waals surface area contributed by atoms with Crippen LogP contribution in [0.15, 0.2) is 42.6 Å². The molecule has 0 atom stereocenters. The Hall–Kier alpha value is -2.34. The molecule has 0 aliphatic heterocycles. The van der Waals surface area contributed by atoms with E-state index in [1.807, 2.05) is 24.3 Å². The van der Waals surface area contributed by atoms with Gasteiger partial charge >= 0.3 is 0 Å². The van der Waals surface area contributed by atoms with E-state index in [0.717, 1.165) is 17.0 Å². The monoisotopic (exact) mass is 210 g/mol. The molecule has 3 heteroatoms. The summed E-state index contributed by atoms with van der Waals surface area (Å²) in [6.45, 7) is 0. The molecular formula is C13H10N2O. The summed E-state index contributed by atoms with van der Waals surface area (Å²) in [5.41, 5.74) is 2.37. The van der Waals surface area contributed by atoms with Crippen LogP contribution >= 0.6 is 0 Å². The zero-order valence-corrected chi connectivity index (χ0v) is 8.84. The number of hydrogen-bond donors (Lipinski definition) is 0. The van der Waals surface area contributed by atoms with E-state index in [9.17, 15) is 0 Å². The molecule has 1 aromatic heterocycles. The molecule has 0 aliphatic rings. The average molecular weight is 210 g/mol. The number of aromatic nitrogens is 1. The van der Waals surface area contributed by atoms with Crippen molar-refractivity contribution in [3.63, 3.8) is 0 Å². The number of benzene rings is 1. The van der Waals surface area contributed by atoms with Gasteiger partial charge < -0.3 is 4.74 Å². The predicted molar refractivity (Wildman–Crippen MR) is 60.9 cm³/mol. The lowest BCUT2D eigenvalue weighted by molar-refractivity contribution is 0.415. The van der Waals surface area contributed by atoms with Crippen LogP contribution in [0.3, 0.4) is 0 Å². The maximum atomic E-state index is 8.71. The highest BCUT2D eigenvalue weighted by molar-refractivity contribution is 5.66. The molecule has 78 valence electrons. The van der Waals surface area contributed by atoms with Crippen molar-refractivity contribution >= 4 is 0 Å². The number of methoxy groups -OCH3 is 1. The minimum atomic E-state index is 0.638. The van der Waals surface area contributed by atoms with Gasteiger partial charge in [0.25, 0.3) is 0 Å². The Morgan fingerprint density at radius 2 is 1.94 bits per heavy atom. The van der Waals surface area contributed by atoms with Gasteiger partial charge in [-0.1, -0.05) is 12.1 Å². The lowest BCUT2D eigenvalue weighted by Gasteiger charge is -2.06. The predicted octanol–water partition coefficient (Wildman–Crippen LogP) is 2.63. The molecule has 0 unspecified atom stereocenters. The number of nitrogens with zero attached hydrogens (tertiary/aromatic N) is 2. The Morgan fingerprint density at radius 3 is 2.56 bits per heavy atom. The van der Waals surface area contributed by atoms with Crippen molar-refractivity contribution in [1.29, 1.82) is 5.26 Å². The first kappa shape index (κ1) is 10.2. The maximum absolute atomic E-state index is 8.71. The van der Waals surface area contributed by atoms with Crippen molar-refractivity contribution < 1.29 is 4.74 Å². The first-order valence-corrected chi connectivity index (χ1v) is 4.84. The minimum Gasteiger partial charge on any atom is -0.494 e. The Labute approximate surface area is 93.9 Å². The zero-order valence-electron chi connectivity index (χ0n) is 8.84. The highest BCUT2D eigenvalue weighted by atomic mass is 16.5.